The molecule has 1 heterocycles. The van der Waals surface area contributed by atoms with Gasteiger partial charge in [-0.3, -0.25) is 0 Å². The number of hydrogen-bond donors (Lipinski definition) is 1. The molecule has 0 aliphatic rings. The van der Waals surface area contributed by atoms with Gasteiger partial charge in [-0.15, -0.1) is 0 Å². The molecule has 2 aromatic rings. The Morgan fingerprint density at radius 3 is 2.81 bits per heavy atom. The molecule has 82 valence electrons. The first-order valence-corrected chi connectivity index (χ1v) is 6.05. The third kappa shape index (κ3) is 2.68. The van der Waals surface area contributed by atoms with Crippen molar-refractivity contribution in [1.29, 1.82) is 0 Å². The van der Waals surface area contributed by atoms with Gasteiger partial charge in [-0.25, -0.2) is 4.98 Å². The predicted molar refractivity (Wildman–Crippen MR) is 69.4 cm³/mol. The smallest absolute Gasteiger partial charge is 0.101 e. The molecule has 0 amide bonds. The predicted octanol–water partition coefficient (Wildman–Crippen LogP) is 3.93. The average molecular weight is 251 g/mol. The van der Waals surface area contributed by atoms with Crippen molar-refractivity contribution in [3.05, 3.63) is 47.6 Å². The molecular formula is C12H11ClN2S. The van der Waals surface area contributed by atoms with Crippen molar-refractivity contribution in [3.8, 4) is 0 Å². The number of rotatable bonds is 3. The second-order valence-corrected chi connectivity index (χ2v) is 4.66. The van der Waals surface area contributed by atoms with Crippen molar-refractivity contribution in [2.24, 2.45) is 0 Å². The van der Waals surface area contributed by atoms with Gasteiger partial charge in [0.2, 0.25) is 0 Å². The van der Waals surface area contributed by atoms with Gasteiger partial charge in [-0.1, -0.05) is 29.4 Å². The summed E-state index contributed by atoms with van der Waals surface area (Å²) in [6.07, 6.45) is 1.78. The Kier molecular flexibility index (Phi) is 3.70. The van der Waals surface area contributed by atoms with Gasteiger partial charge in [0, 0.05) is 28.9 Å². The lowest BCUT2D eigenvalue weighted by atomic mass is 10.3. The fraction of sp³-hybridized carbons (Fsp3) is 0.0833. The summed E-state index contributed by atoms with van der Waals surface area (Å²) in [5, 5.41) is 4.83. The monoisotopic (exact) mass is 250 g/mol. The Morgan fingerprint density at radius 1 is 1.25 bits per heavy atom. The fourth-order valence-corrected chi connectivity index (χ4v) is 2.50. The molecule has 0 aliphatic carbocycles. The first-order valence-electron chi connectivity index (χ1n) is 4.86. The van der Waals surface area contributed by atoms with E-state index in [1.54, 1.807) is 18.0 Å². The molecule has 0 unspecified atom stereocenters. The van der Waals surface area contributed by atoms with E-state index in [0.29, 0.717) is 0 Å². The van der Waals surface area contributed by atoms with Gasteiger partial charge in [0.05, 0.1) is 0 Å². The lowest BCUT2D eigenvalue weighted by Gasteiger charge is -2.08. The standard InChI is InChI=1S/C12H11ClN2S/c1-14-10-6-5-9(13)8-11(10)16-12-4-2-3-7-15-12/h2-8,14H,1H3. The minimum atomic E-state index is 0.734. The molecule has 0 spiro atoms. The highest BCUT2D eigenvalue weighted by molar-refractivity contribution is 7.99. The van der Waals surface area contributed by atoms with E-state index < -0.39 is 0 Å². The number of aromatic nitrogens is 1. The second-order valence-electron chi connectivity index (χ2n) is 3.16. The summed E-state index contributed by atoms with van der Waals surface area (Å²) in [6, 6.07) is 11.6. The maximum atomic E-state index is 5.98. The zero-order valence-corrected chi connectivity index (χ0v) is 10.3. The Hall–Kier alpha value is -1.19. The SMILES string of the molecule is CNc1ccc(Cl)cc1Sc1ccccn1. The largest absolute Gasteiger partial charge is 0.387 e. The first kappa shape index (κ1) is 11.3. The number of nitrogens with zero attached hydrogens (tertiary/aromatic N) is 1. The van der Waals surface area contributed by atoms with E-state index in [1.807, 2.05) is 43.4 Å². The van der Waals surface area contributed by atoms with Crippen molar-refractivity contribution in [2.45, 2.75) is 9.92 Å². The second kappa shape index (κ2) is 5.23. The molecule has 0 bridgehead atoms. The zero-order chi connectivity index (χ0) is 11.4. The van der Waals surface area contributed by atoms with E-state index in [-0.39, 0.29) is 0 Å². The van der Waals surface area contributed by atoms with Crippen LogP contribution in [-0.2, 0) is 0 Å². The van der Waals surface area contributed by atoms with Crippen molar-refractivity contribution in [3.63, 3.8) is 0 Å². The summed E-state index contributed by atoms with van der Waals surface area (Å²) in [5.41, 5.74) is 1.06. The van der Waals surface area contributed by atoms with Crippen LogP contribution in [0.25, 0.3) is 0 Å². The molecule has 2 rings (SSSR count). The number of halogens is 1. The van der Waals surface area contributed by atoms with Crippen LogP contribution in [0, 0.1) is 0 Å². The van der Waals surface area contributed by atoms with Crippen molar-refractivity contribution < 1.29 is 0 Å². The van der Waals surface area contributed by atoms with Crippen molar-refractivity contribution >= 4 is 29.1 Å². The molecule has 0 radical (unpaired) electrons. The van der Waals surface area contributed by atoms with Crippen LogP contribution in [-0.4, -0.2) is 12.0 Å². The maximum absolute atomic E-state index is 5.98. The molecule has 0 saturated carbocycles. The van der Waals surface area contributed by atoms with Crippen molar-refractivity contribution in [2.75, 3.05) is 12.4 Å². The summed E-state index contributed by atoms with van der Waals surface area (Å²) >= 11 is 7.57. The Balaban J connectivity index is 2.30. The molecule has 0 fully saturated rings. The fourth-order valence-electron chi connectivity index (χ4n) is 1.31. The molecule has 16 heavy (non-hydrogen) atoms. The van der Waals surface area contributed by atoms with Crippen LogP contribution in [0.5, 0.6) is 0 Å². The molecule has 4 heteroatoms. The highest BCUT2D eigenvalue weighted by Crippen LogP contribution is 2.33. The van der Waals surface area contributed by atoms with Gasteiger partial charge in [0.1, 0.15) is 5.03 Å². The number of anilines is 1. The van der Waals surface area contributed by atoms with Gasteiger partial charge >= 0.3 is 0 Å². The highest BCUT2D eigenvalue weighted by atomic mass is 35.5. The summed E-state index contributed by atoms with van der Waals surface area (Å²) in [4.78, 5) is 5.35. The van der Waals surface area contributed by atoms with Gasteiger partial charge in [0.25, 0.3) is 0 Å². The molecule has 1 aromatic heterocycles. The van der Waals surface area contributed by atoms with Crippen LogP contribution in [0.2, 0.25) is 5.02 Å². The number of nitrogens with one attached hydrogen (secondary N) is 1. The van der Waals surface area contributed by atoms with E-state index in [9.17, 15) is 0 Å². The summed E-state index contributed by atoms with van der Waals surface area (Å²) < 4.78 is 0. The van der Waals surface area contributed by atoms with Crippen LogP contribution in [0.4, 0.5) is 5.69 Å². The molecule has 0 aliphatic heterocycles. The minimum Gasteiger partial charge on any atom is -0.387 e. The van der Waals surface area contributed by atoms with Crippen molar-refractivity contribution in [1.82, 2.24) is 4.98 Å². The summed E-state index contributed by atoms with van der Waals surface area (Å²) in [5.74, 6) is 0. The van der Waals surface area contributed by atoms with E-state index in [0.717, 1.165) is 20.6 Å². The average Bonchev–Trinajstić information content (AvgIpc) is 2.31. The molecule has 0 saturated heterocycles. The number of benzene rings is 1. The van der Waals surface area contributed by atoms with E-state index >= 15 is 0 Å². The first-order chi connectivity index (χ1) is 7.79. The highest BCUT2D eigenvalue weighted by Gasteiger charge is 2.04. The van der Waals surface area contributed by atoms with Crippen LogP contribution in [0.1, 0.15) is 0 Å². The Labute approximate surface area is 104 Å². The summed E-state index contributed by atoms with van der Waals surface area (Å²) in [7, 11) is 1.89. The summed E-state index contributed by atoms with van der Waals surface area (Å²) in [6.45, 7) is 0. The van der Waals surface area contributed by atoms with Gasteiger partial charge < -0.3 is 5.32 Å². The quantitative estimate of drug-likeness (QED) is 0.894. The number of hydrogen-bond acceptors (Lipinski definition) is 3. The van der Waals surface area contributed by atoms with E-state index in [2.05, 4.69) is 10.3 Å². The molecule has 1 N–H and O–H groups in total. The van der Waals surface area contributed by atoms with Gasteiger partial charge in [-0.05, 0) is 30.3 Å². The maximum Gasteiger partial charge on any atom is 0.101 e. The Morgan fingerprint density at radius 2 is 2.12 bits per heavy atom. The van der Waals surface area contributed by atoms with Gasteiger partial charge in [-0.2, -0.15) is 0 Å². The van der Waals surface area contributed by atoms with Crippen LogP contribution in [0.3, 0.4) is 0 Å². The zero-order valence-electron chi connectivity index (χ0n) is 8.77. The van der Waals surface area contributed by atoms with E-state index in [4.69, 9.17) is 11.6 Å². The van der Waals surface area contributed by atoms with Crippen LogP contribution in [0.15, 0.2) is 52.5 Å². The number of pyridine rings is 1. The van der Waals surface area contributed by atoms with Crippen LogP contribution >= 0.6 is 23.4 Å². The van der Waals surface area contributed by atoms with Crippen LogP contribution < -0.4 is 5.32 Å². The third-order valence-corrected chi connectivity index (χ3v) is 3.31. The molecular weight excluding hydrogens is 240 g/mol. The lowest BCUT2D eigenvalue weighted by molar-refractivity contribution is 1.13. The minimum absolute atomic E-state index is 0.734. The van der Waals surface area contributed by atoms with E-state index in [1.165, 1.54) is 0 Å². The third-order valence-electron chi connectivity index (χ3n) is 2.07. The Bertz CT molecular complexity index is 474. The molecule has 0 atom stereocenters. The van der Waals surface area contributed by atoms with Gasteiger partial charge in [0.15, 0.2) is 0 Å². The molecule has 2 nitrogen and oxygen atoms in total. The normalized spacial score (nSPS) is 10.1. The topological polar surface area (TPSA) is 24.9 Å². The molecule has 1 aromatic carbocycles. The lowest BCUT2D eigenvalue weighted by Crippen LogP contribution is -1.90.